The molecule has 1 atom stereocenters. The molecule has 0 unspecified atom stereocenters. The number of carboxylic acid groups (broad SMARTS) is 1. The predicted octanol–water partition coefficient (Wildman–Crippen LogP) is 2.46. The lowest BCUT2D eigenvalue weighted by atomic mass is 10.1. The topological polar surface area (TPSA) is 126 Å². The Morgan fingerprint density at radius 1 is 1.26 bits per heavy atom. The molecule has 0 aliphatic carbocycles. The average molecular weight is 369 g/mol. The Morgan fingerprint density at radius 3 is 2.59 bits per heavy atom. The maximum absolute atomic E-state index is 12.1. The van der Waals surface area contributed by atoms with Gasteiger partial charge < -0.3 is 14.8 Å². The Balaban J connectivity index is 1.93. The number of carboxylic acids is 1. The van der Waals surface area contributed by atoms with Crippen molar-refractivity contribution in [2.24, 2.45) is 5.84 Å². The highest BCUT2D eigenvalue weighted by molar-refractivity contribution is 5.89. The molecule has 1 aromatic heterocycles. The molecule has 0 bridgehead atoms. The number of nitrogens with two attached hydrogens (primary N) is 1. The fourth-order valence-electron chi connectivity index (χ4n) is 2.94. The molecule has 8 heteroatoms. The molecule has 1 heterocycles. The van der Waals surface area contributed by atoms with Crippen LogP contribution in [-0.4, -0.2) is 11.1 Å². The zero-order valence-electron chi connectivity index (χ0n) is 14.9. The van der Waals surface area contributed by atoms with Gasteiger partial charge in [0.15, 0.2) is 0 Å². The quantitative estimate of drug-likeness (QED) is 0.329. The van der Waals surface area contributed by atoms with Crippen LogP contribution in [0.4, 0.5) is 17.1 Å². The van der Waals surface area contributed by atoms with Crippen molar-refractivity contribution in [1.29, 1.82) is 0 Å². The molecule has 27 heavy (non-hydrogen) atoms. The van der Waals surface area contributed by atoms with E-state index >= 15 is 0 Å². The molecule has 0 amide bonds. The van der Waals surface area contributed by atoms with E-state index < -0.39 is 22.9 Å². The Bertz CT molecular complexity index is 1060. The molecule has 0 fully saturated rings. The zero-order chi connectivity index (χ0) is 19.7. The van der Waals surface area contributed by atoms with E-state index in [1.807, 2.05) is 6.92 Å². The Morgan fingerprint density at radius 2 is 2.00 bits per heavy atom. The molecule has 3 aromatic rings. The minimum atomic E-state index is -1.09. The molecule has 140 valence electrons. The minimum absolute atomic E-state index is 0.0340. The van der Waals surface area contributed by atoms with Gasteiger partial charge in [-0.3, -0.25) is 14.6 Å². The first kappa shape index (κ1) is 18.4. The average Bonchev–Trinajstić information content (AvgIpc) is 3.07. The van der Waals surface area contributed by atoms with Gasteiger partial charge in [-0.15, -0.1) is 0 Å². The third-order valence-electron chi connectivity index (χ3n) is 4.33. The summed E-state index contributed by atoms with van der Waals surface area (Å²) in [5, 5.41) is 13.1. The van der Waals surface area contributed by atoms with E-state index in [1.165, 1.54) is 23.2 Å². The standard InChI is InChI=1S/C19H19N3O5/c1-3-13(14-8-7-10(2)27-14)22(20)16-15(17(23)18(16)24)21-12-6-4-5-11(9-12)19(25)26/h4-9,13,21H,3,20H2,1-2H3,(H,25,26)/t13-/m1/s1. The van der Waals surface area contributed by atoms with Gasteiger partial charge in [-0.2, -0.15) is 0 Å². The van der Waals surface area contributed by atoms with Crippen molar-refractivity contribution in [3.05, 3.63) is 73.9 Å². The lowest BCUT2D eigenvalue weighted by Crippen LogP contribution is -2.47. The summed E-state index contributed by atoms with van der Waals surface area (Å²) in [5.74, 6) is 6.37. The Kier molecular flexibility index (Phi) is 4.83. The van der Waals surface area contributed by atoms with Crippen LogP contribution >= 0.6 is 0 Å². The van der Waals surface area contributed by atoms with Gasteiger partial charge in [0.2, 0.25) is 0 Å². The number of nitrogens with zero attached hydrogens (tertiary/aromatic N) is 1. The largest absolute Gasteiger partial charge is 0.478 e. The van der Waals surface area contributed by atoms with Crippen LogP contribution in [0.2, 0.25) is 0 Å². The van der Waals surface area contributed by atoms with Crippen molar-refractivity contribution < 1.29 is 14.3 Å². The SMILES string of the molecule is CC[C@H](c1ccc(C)o1)N(N)c1c(Nc2cccc(C(=O)O)c2)c(=O)c1=O. The number of carbonyl (C=O) groups is 1. The zero-order valence-corrected chi connectivity index (χ0v) is 14.9. The molecule has 0 saturated carbocycles. The van der Waals surface area contributed by atoms with E-state index in [4.69, 9.17) is 15.4 Å². The van der Waals surface area contributed by atoms with Gasteiger partial charge in [0, 0.05) is 5.69 Å². The lowest BCUT2D eigenvalue weighted by molar-refractivity contribution is 0.0697. The molecule has 8 nitrogen and oxygen atoms in total. The summed E-state index contributed by atoms with van der Waals surface area (Å²) in [5.41, 5.74) is -0.892. The van der Waals surface area contributed by atoms with Crippen LogP contribution in [0.25, 0.3) is 0 Å². The minimum Gasteiger partial charge on any atom is -0.478 e. The molecule has 0 saturated heterocycles. The number of anilines is 3. The van der Waals surface area contributed by atoms with Gasteiger partial charge in [0.05, 0.1) is 5.56 Å². The van der Waals surface area contributed by atoms with Crippen molar-refractivity contribution in [3.8, 4) is 0 Å². The van der Waals surface area contributed by atoms with Crippen molar-refractivity contribution in [1.82, 2.24) is 0 Å². The molecule has 4 N–H and O–H groups in total. The van der Waals surface area contributed by atoms with E-state index in [9.17, 15) is 14.4 Å². The van der Waals surface area contributed by atoms with E-state index in [1.54, 1.807) is 25.1 Å². The normalized spacial score (nSPS) is 12.1. The predicted molar refractivity (Wildman–Crippen MR) is 101 cm³/mol. The van der Waals surface area contributed by atoms with Gasteiger partial charge in [-0.25, -0.2) is 10.6 Å². The number of nitrogens with one attached hydrogen (secondary N) is 1. The van der Waals surface area contributed by atoms with E-state index in [0.29, 0.717) is 23.6 Å². The fourth-order valence-corrected chi connectivity index (χ4v) is 2.94. The van der Waals surface area contributed by atoms with Crippen LogP contribution in [0, 0.1) is 6.92 Å². The second-order valence-electron chi connectivity index (χ2n) is 6.17. The van der Waals surface area contributed by atoms with Gasteiger partial charge in [-0.05, 0) is 43.7 Å². The van der Waals surface area contributed by atoms with Crippen LogP contribution in [-0.2, 0) is 0 Å². The van der Waals surface area contributed by atoms with Gasteiger partial charge in [-0.1, -0.05) is 13.0 Å². The molecule has 0 radical (unpaired) electrons. The highest BCUT2D eigenvalue weighted by Crippen LogP contribution is 2.31. The molecule has 0 aliphatic heterocycles. The summed E-state index contributed by atoms with van der Waals surface area (Å²) in [7, 11) is 0. The fraction of sp³-hybridized carbons (Fsp3) is 0.211. The smallest absolute Gasteiger partial charge is 0.335 e. The summed E-state index contributed by atoms with van der Waals surface area (Å²) >= 11 is 0. The second kappa shape index (κ2) is 7.08. The van der Waals surface area contributed by atoms with Crippen molar-refractivity contribution in [3.63, 3.8) is 0 Å². The third-order valence-corrected chi connectivity index (χ3v) is 4.33. The highest BCUT2D eigenvalue weighted by atomic mass is 16.4. The molecule has 3 rings (SSSR count). The number of benzene rings is 1. The summed E-state index contributed by atoms with van der Waals surface area (Å²) in [6.45, 7) is 3.69. The van der Waals surface area contributed by atoms with Crippen LogP contribution < -0.4 is 27.0 Å². The summed E-state index contributed by atoms with van der Waals surface area (Å²) in [4.78, 5) is 35.3. The van der Waals surface area contributed by atoms with E-state index in [2.05, 4.69) is 5.32 Å². The van der Waals surface area contributed by atoms with Gasteiger partial charge >= 0.3 is 5.97 Å². The number of furan rings is 1. The first-order chi connectivity index (χ1) is 12.8. The Labute approximate surface area is 154 Å². The maximum atomic E-state index is 12.1. The van der Waals surface area contributed by atoms with Gasteiger partial charge in [0.25, 0.3) is 10.9 Å². The summed E-state index contributed by atoms with van der Waals surface area (Å²) in [6.07, 6.45) is 0.552. The molecule has 0 spiro atoms. The van der Waals surface area contributed by atoms with Gasteiger partial charge in [0.1, 0.15) is 28.9 Å². The molecule has 2 aromatic carbocycles. The lowest BCUT2D eigenvalue weighted by Gasteiger charge is -2.29. The first-order valence-electron chi connectivity index (χ1n) is 8.37. The van der Waals surface area contributed by atoms with Crippen molar-refractivity contribution in [2.45, 2.75) is 26.3 Å². The van der Waals surface area contributed by atoms with Crippen LogP contribution in [0.3, 0.4) is 0 Å². The number of hydrazine groups is 1. The van der Waals surface area contributed by atoms with Crippen LogP contribution in [0.15, 0.2) is 50.4 Å². The number of hydrogen-bond acceptors (Lipinski definition) is 7. The number of aromatic carboxylic acids is 1. The number of hydrogen-bond donors (Lipinski definition) is 3. The highest BCUT2D eigenvalue weighted by Gasteiger charge is 2.30. The number of aryl methyl sites for hydroxylation is 1. The Hall–Kier alpha value is -3.39. The van der Waals surface area contributed by atoms with Crippen LogP contribution in [0.1, 0.15) is 41.3 Å². The molecule has 0 aliphatic rings. The first-order valence-corrected chi connectivity index (χ1v) is 8.37. The van der Waals surface area contributed by atoms with E-state index in [0.717, 1.165) is 0 Å². The summed E-state index contributed by atoms with van der Waals surface area (Å²) < 4.78 is 5.61. The molecular formula is C19H19N3O5. The number of rotatable bonds is 7. The van der Waals surface area contributed by atoms with E-state index in [-0.39, 0.29) is 16.9 Å². The van der Waals surface area contributed by atoms with Crippen molar-refractivity contribution >= 4 is 23.0 Å². The molecular weight excluding hydrogens is 350 g/mol. The summed E-state index contributed by atoms with van der Waals surface area (Å²) in [6, 6.07) is 9.09. The second-order valence-corrected chi connectivity index (χ2v) is 6.17. The third kappa shape index (κ3) is 3.34. The maximum Gasteiger partial charge on any atom is 0.335 e. The van der Waals surface area contributed by atoms with Crippen LogP contribution in [0.5, 0.6) is 0 Å². The monoisotopic (exact) mass is 369 g/mol. The van der Waals surface area contributed by atoms with Crippen molar-refractivity contribution in [2.75, 3.05) is 10.3 Å².